The number of carbonyl (C=O) groups is 1. The van der Waals surface area contributed by atoms with Crippen LogP contribution in [0.1, 0.15) is 16.8 Å². The number of benzene rings is 2. The largest absolute Gasteiger partial charge is 0.494 e. The number of nitrogens with zero attached hydrogens (tertiary/aromatic N) is 3. The summed E-state index contributed by atoms with van der Waals surface area (Å²) in [5.74, 6) is 1.69. The molecule has 0 bridgehead atoms. The molecule has 0 spiro atoms. The van der Waals surface area contributed by atoms with Crippen molar-refractivity contribution in [3.05, 3.63) is 40.9 Å². The molecule has 10 heteroatoms. The van der Waals surface area contributed by atoms with Crippen molar-refractivity contribution < 1.29 is 23.7 Å². The highest BCUT2D eigenvalue weighted by molar-refractivity contribution is 7.23. The van der Waals surface area contributed by atoms with E-state index in [0.717, 1.165) is 44.0 Å². The van der Waals surface area contributed by atoms with Crippen LogP contribution in [0.5, 0.6) is 17.2 Å². The quantitative estimate of drug-likeness (QED) is 0.495. The third kappa shape index (κ3) is 4.59. The smallest absolute Gasteiger partial charge is 0.260 e. The fourth-order valence-corrected chi connectivity index (χ4v) is 5.25. The van der Waals surface area contributed by atoms with Gasteiger partial charge in [0, 0.05) is 31.7 Å². The van der Waals surface area contributed by atoms with Gasteiger partial charge in [-0.25, -0.2) is 4.98 Å². The van der Waals surface area contributed by atoms with Crippen LogP contribution in [0.25, 0.3) is 10.2 Å². The van der Waals surface area contributed by atoms with Gasteiger partial charge in [0.1, 0.15) is 11.3 Å². The molecule has 0 radical (unpaired) electrons. The highest BCUT2D eigenvalue weighted by Gasteiger charge is 2.25. The molecule has 0 atom stereocenters. The second-order valence-electron chi connectivity index (χ2n) is 7.76. The van der Waals surface area contributed by atoms with E-state index in [4.69, 9.17) is 35.5 Å². The molecule has 1 saturated heterocycles. The zero-order valence-corrected chi connectivity index (χ0v) is 19.8. The summed E-state index contributed by atoms with van der Waals surface area (Å²) >= 11 is 7.82. The Labute approximate surface area is 200 Å². The standard InChI is InChI=1S/C23H24ClN3O5S/c1-29-18-6-4-16(24)21-20(18)25-23(33-21)27(8-2-7-26-9-11-30-12-10-26)22(28)15-3-5-17-19(13-15)32-14-31-17/h3-6,13H,2,7-12,14H2,1H3. The summed E-state index contributed by atoms with van der Waals surface area (Å²) in [7, 11) is 1.60. The van der Waals surface area contributed by atoms with E-state index in [9.17, 15) is 4.79 Å². The van der Waals surface area contributed by atoms with Crippen LogP contribution >= 0.6 is 22.9 Å². The second kappa shape index (κ2) is 9.72. The van der Waals surface area contributed by atoms with Crippen LogP contribution in [0.15, 0.2) is 30.3 Å². The number of aromatic nitrogens is 1. The molecule has 174 valence electrons. The first-order valence-electron chi connectivity index (χ1n) is 10.8. The summed E-state index contributed by atoms with van der Waals surface area (Å²) < 4.78 is 22.6. The van der Waals surface area contributed by atoms with Crippen molar-refractivity contribution in [3.63, 3.8) is 0 Å². The van der Waals surface area contributed by atoms with Crippen molar-refractivity contribution in [2.24, 2.45) is 0 Å². The Morgan fingerprint density at radius 1 is 1.21 bits per heavy atom. The molecule has 1 amide bonds. The van der Waals surface area contributed by atoms with Crippen LogP contribution in [0.4, 0.5) is 5.13 Å². The van der Waals surface area contributed by atoms with Gasteiger partial charge < -0.3 is 18.9 Å². The van der Waals surface area contributed by atoms with E-state index in [1.165, 1.54) is 11.3 Å². The number of anilines is 1. The minimum absolute atomic E-state index is 0.149. The number of thiazole rings is 1. The molecule has 3 aromatic rings. The Morgan fingerprint density at radius 3 is 2.85 bits per heavy atom. The van der Waals surface area contributed by atoms with Gasteiger partial charge in [-0.1, -0.05) is 22.9 Å². The number of morpholine rings is 1. The monoisotopic (exact) mass is 489 g/mol. The molecule has 5 rings (SSSR count). The van der Waals surface area contributed by atoms with Gasteiger partial charge in [-0.15, -0.1) is 0 Å². The van der Waals surface area contributed by atoms with Crippen molar-refractivity contribution in [2.45, 2.75) is 6.42 Å². The predicted octanol–water partition coefficient (Wildman–Crippen LogP) is 4.06. The fourth-order valence-electron chi connectivity index (χ4n) is 3.97. The first-order chi connectivity index (χ1) is 16.1. The van der Waals surface area contributed by atoms with E-state index in [-0.39, 0.29) is 12.7 Å². The minimum atomic E-state index is -0.149. The summed E-state index contributed by atoms with van der Waals surface area (Å²) in [4.78, 5) is 22.5. The van der Waals surface area contributed by atoms with Crippen LogP contribution in [0.3, 0.4) is 0 Å². The SMILES string of the molecule is COc1ccc(Cl)c2sc(N(CCCN3CCOCC3)C(=O)c3ccc4c(c3)OCO4)nc12. The number of rotatable bonds is 7. The van der Waals surface area contributed by atoms with Crippen LogP contribution in [0, 0.1) is 0 Å². The lowest BCUT2D eigenvalue weighted by atomic mass is 10.1. The van der Waals surface area contributed by atoms with Gasteiger partial charge in [-0.05, 0) is 36.8 Å². The maximum atomic E-state index is 13.6. The van der Waals surface area contributed by atoms with Gasteiger partial charge in [0.2, 0.25) is 6.79 Å². The predicted molar refractivity (Wildman–Crippen MR) is 127 cm³/mol. The molecule has 2 aliphatic heterocycles. The summed E-state index contributed by atoms with van der Waals surface area (Å²) in [6.07, 6.45) is 0.803. The molecule has 1 fully saturated rings. The first-order valence-corrected chi connectivity index (χ1v) is 12.0. The molecule has 0 saturated carbocycles. The van der Waals surface area contributed by atoms with Gasteiger partial charge in [-0.2, -0.15) is 0 Å². The number of halogens is 1. The molecule has 0 aliphatic carbocycles. The van der Waals surface area contributed by atoms with Crippen LogP contribution < -0.4 is 19.1 Å². The molecule has 8 nitrogen and oxygen atoms in total. The lowest BCUT2D eigenvalue weighted by Gasteiger charge is -2.27. The summed E-state index contributed by atoms with van der Waals surface area (Å²) in [5.41, 5.74) is 1.17. The Hall–Kier alpha value is -2.59. The first kappa shape index (κ1) is 22.2. The molecule has 2 aromatic carbocycles. The van der Waals surface area contributed by atoms with Gasteiger partial charge >= 0.3 is 0 Å². The second-order valence-corrected chi connectivity index (χ2v) is 9.14. The Kier molecular flexibility index (Phi) is 6.55. The maximum Gasteiger partial charge on any atom is 0.260 e. The Balaban J connectivity index is 1.45. The summed E-state index contributed by atoms with van der Waals surface area (Å²) in [6.45, 7) is 4.86. The van der Waals surface area contributed by atoms with Crippen LogP contribution in [-0.4, -0.2) is 69.1 Å². The van der Waals surface area contributed by atoms with Crippen molar-refractivity contribution in [3.8, 4) is 17.2 Å². The maximum absolute atomic E-state index is 13.6. The van der Waals surface area contributed by atoms with E-state index in [0.29, 0.717) is 45.0 Å². The van der Waals surface area contributed by atoms with Gasteiger partial charge in [0.25, 0.3) is 5.91 Å². The highest BCUT2D eigenvalue weighted by atomic mass is 35.5. The number of carbonyl (C=O) groups excluding carboxylic acids is 1. The topological polar surface area (TPSA) is 73.4 Å². The molecule has 3 heterocycles. The normalized spacial score (nSPS) is 15.7. The minimum Gasteiger partial charge on any atom is -0.494 e. The molecule has 0 unspecified atom stereocenters. The number of hydrogen-bond donors (Lipinski definition) is 0. The number of fused-ring (bicyclic) bond motifs is 2. The molecule has 0 N–H and O–H groups in total. The van der Waals surface area contributed by atoms with Gasteiger partial charge in [-0.3, -0.25) is 14.6 Å². The number of methoxy groups -OCH3 is 1. The molecule has 33 heavy (non-hydrogen) atoms. The Morgan fingerprint density at radius 2 is 2.03 bits per heavy atom. The number of ether oxygens (including phenoxy) is 4. The molecular weight excluding hydrogens is 466 g/mol. The average molecular weight is 490 g/mol. The number of hydrogen-bond acceptors (Lipinski definition) is 8. The van der Waals surface area contributed by atoms with E-state index in [1.807, 2.05) is 0 Å². The average Bonchev–Trinajstić information content (AvgIpc) is 3.50. The van der Waals surface area contributed by atoms with Crippen molar-refractivity contribution >= 4 is 44.2 Å². The lowest BCUT2D eigenvalue weighted by molar-refractivity contribution is 0.0376. The van der Waals surface area contributed by atoms with Gasteiger partial charge in [0.15, 0.2) is 16.6 Å². The summed E-state index contributed by atoms with van der Waals surface area (Å²) in [5, 5.41) is 1.17. The van der Waals surface area contributed by atoms with Crippen molar-refractivity contribution in [1.82, 2.24) is 9.88 Å². The van der Waals surface area contributed by atoms with E-state index >= 15 is 0 Å². The highest BCUT2D eigenvalue weighted by Crippen LogP contribution is 2.39. The third-order valence-corrected chi connectivity index (χ3v) is 7.26. The van der Waals surface area contributed by atoms with Crippen LogP contribution in [0.2, 0.25) is 5.02 Å². The number of amides is 1. The van der Waals surface area contributed by atoms with Gasteiger partial charge in [0.05, 0.1) is 30.0 Å². The van der Waals surface area contributed by atoms with E-state index < -0.39 is 0 Å². The van der Waals surface area contributed by atoms with E-state index in [2.05, 4.69) is 4.90 Å². The zero-order valence-electron chi connectivity index (χ0n) is 18.2. The third-order valence-electron chi connectivity index (χ3n) is 5.72. The Bertz CT molecular complexity index is 1160. The zero-order chi connectivity index (χ0) is 22.8. The lowest BCUT2D eigenvalue weighted by Crippen LogP contribution is -2.39. The molecule has 1 aromatic heterocycles. The van der Waals surface area contributed by atoms with Crippen molar-refractivity contribution in [2.75, 3.05) is 58.2 Å². The summed E-state index contributed by atoms with van der Waals surface area (Å²) in [6, 6.07) is 8.82. The molecular formula is C23H24ClN3O5S. The van der Waals surface area contributed by atoms with E-state index in [1.54, 1.807) is 42.3 Å². The van der Waals surface area contributed by atoms with Crippen LogP contribution in [-0.2, 0) is 4.74 Å². The molecule has 2 aliphatic rings. The van der Waals surface area contributed by atoms with Crippen molar-refractivity contribution in [1.29, 1.82) is 0 Å². The fraction of sp³-hybridized carbons (Fsp3) is 0.391.